The highest BCUT2D eigenvalue weighted by Gasteiger charge is 2.45. The van der Waals surface area contributed by atoms with E-state index >= 15 is 0 Å². The number of carbonyl (C=O) groups excluding carboxylic acids is 3. The summed E-state index contributed by atoms with van der Waals surface area (Å²) in [5.41, 5.74) is 1.68. The van der Waals surface area contributed by atoms with Gasteiger partial charge in [0.1, 0.15) is 17.5 Å². The van der Waals surface area contributed by atoms with Crippen LogP contribution in [0.2, 0.25) is 0 Å². The smallest absolute Gasteiger partial charge is 0.327 e. The maximum absolute atomic E-state index is 12.7. The van der Waals surface area contributed by atoms with Gasteiger partial charge in [0, 0.05) is 0 Å². The van der Waals surface area contributed by atoms with Crippen LogP contribution < -0.4 is 9.47 Å². The fraction of sp³-hybridized carbons (Fsp3) is 0.304. The van der Waals surface area contributed by atoms with Crippen LogP contribution in [0.4, 0.5) is 0 Å². The number of hydrogen-bond donors (Lipinski definition) is 1. The van der Waals surface area contributed by atoms with Crippen molar-refractivity contribution in [3.05, 3.63) is 58.7 Å². The Morgan fingerprint density at radius 1 is 1.03 bits per heavy atom. The number of benzene rings is 2. The average Bonchev–Trinajstić information content (AvgIpc) is 2.96. The van der Waals surface area contributed by atoms with Crippen molar-refractivity contribution in [2.24, 2.45) is 5.92 Å². The minimum absolute atomic E-state index is 0.151. The van der Waals surface area contributed by atoms with Crippen molar-refractivity contribution in [1.82, 2.24) is 4.90 Å². The molecule has 0 bridgehead atoms. The van der Waals surface area contributed by atoms with Gasteiger partial charge < -0.3 is 14.6 Å². The fourth-order valence-electron chi connectivity index (χ4n) is 3.79. The molecule has 2 aromatic carbocycles. The van der Waals surface area contributed by atoms with Gasteiger partial charge in [0.25, 0.3) is 11.8 Å². The molecule has 1 aliphatic heterocycles. The second kappa shape index (κ2) is 8.59. The van der Waals surface area contributed by atoms with E-state index in [9.17, 15) is 24.3 Å². The highest BCUT2D eigenvalue weighted by molar-refractivity contribution is 6.22. The van der Waals surface area contributed by atoms with Gasteiger partial charge in [-0.2, -0.15) is 0 Å². The van der Waals surface area contributed by atoms with Crippen LogP contribution >= 0.6 is 0 Å². The van der Waals surface area contributed by atoms with Gasteiger partial charge in [-0.3, -0.25) is 19.3 Å². The van der Waals surface area contributed by atoms with Crippen LogP contribution in [0.3, 0.4) is 0 Å². The highest BCUT2D eigenvalue weighted by atomic mass is 16.5. The average molecular weight is 425 g/mol. The quantitative estimate of drug-likeness (QED) is 0.412. The zero-order valence-corrected chi connectivity index (χ0v) is 17.7. The third-order valence-corrected chi connectivity index (χ3v) is 5.27. The Hall–Kier alpha value is -3.68. The first kappa shape index (κ1) is 22.0. The maximum atomic E-state index is 12.7. The molecule has 1 heterocycles. The molecule has 8 nitrogen and oxygen atoms in total. The van der Waals surface area contributed by atoms with E-state index in [0.717, 1.165) is 4.90 Å². The molecule has 8 heteroatoms. The van der Waals surface area contributed by atoms with Crippen molar-refractivity contribution in [1.29, 1.82) is 0 Å². The number of nitrogens with zero attached hydrogens (tertiary/aromatic N) is 1. The molecule has 2 atom stereocenters. The van der Waals surface area contributed by atoms with Gasteiger partial charge in [-0.15, -0.1) is 0 Å². The SMILES string of the molecule is COc1cc(C)c(OC(=O)C[C@@H](C)C(C(=O)O)N2C(=O)c3ccccc3C2=O)c(C)c1. The molecule has 1 N–H and O–H groups in total. The fourth-order valence-corrected chi connectivity index (χ4v) is 3.79. The number of carboxylic acid groups (broad SMARTS) is 1. The van der Waals surface area contributed by atoms with Crippen LogP contribution in [-0.4, -0.2) is 46.9 Å². The summed E-state index contributed by atoms with van der Waals surface area (Å²) in [6.45, 7) is 5.03. The lowest BCUT2D eigenvalue weighted by molar-refractivity contribution is -0.144. The molecule has 3 rings (SSSR count). The monoisotopic (exact) mass is 425 g/mol. The Kier molecular flexibility index (Phi) is 6.10. The lowest BCUT2D eigenvalue weighted by atomic mass is 9.96. The summed E-state index contributed by atoms with van der Waals surface area (Å²) in [5.74, 6) is -3.28. The van der Waals surface area contributed by atoms with E-state index in [1.165, 1.54) is 26.2 Å². The van der Waals surface area contributed by atoms with E-state index in [-0.39, 0.29) is 17.5 Å². The first-order chi connectivity index (χ1) is 14.6. The molecule has 0 radical (unpaired) electrons. The number of amides is 2. The van der Waals surface area contributed by atoms with Crippen molar-refractivity contribution in [2.45, 2.75) is 33.2 Å². The van der Waals surface area contributed by atoms with E-state index in [2.05, 4.69) is 0 Å². The molecule has 0 aromatic heterocycles. The molecular formula is C23H23NO7. The van der Waals surface area contributed by atoms with Gasteiger partial charge in [-0.05, 0) is 55.2 Å². The summed E-state index contributed by atoms with van der Waals surface area (Å²) in [4.78, 5) is 50.7. The minimum Gasteiger partial charge on any atom is -0.497 e. The number of fused-ring (bicyclic) bond motifs is 1. The number of imide groups is 1. The second-order valence-corrected chi connectivity index (χ2v) is 7.55. The summed E-state index contributed by atoms with van der Waals surface area (Å²) >= 11 is 0. The van der Waals surface area contributed by atoms with E-state index in [1.54, 1.807) is 38.1 Å². The third-order valence-electron chi connectivity index (χ3n) is 5.27. The lowest BCUT2D eigenvalue weighted by Gasteiger charge is -2.27. The topological polar surface area (TPSA) is 110 Å². The van der Waals surface area contributed by atoms with Crippen molar-refractivity contribution >= 4 is 23.8 Å². The van der Waals surface area contributed by atoms with E-state index in [4.69, 9.17) is 9.47 Å². The standard InChI is InChI=1S/C23H23NO7/c1-12(11-18(25)31-20-13(2)9-15(30-4)10-14(20)3)19(23(28)29)24-21(26)16-7-5-6-8-17(16)22(24)27/h5-10,12,19H,11H2,1-4H3,(H,28,29)/t12-,19?/m1/s1. The second-order valence-electron chi connectivity index (χ2n) is 7.55. The maximum Gasteiger partial charge on any atom is 0.327 e. The minimum atomic E-state index is -1.50. The number of hydrogen-bond acceptors (Lipinski definition) is 6. The number of ether oxygens (including phenoxy) is 2. The van der Waals surface area contributed by atoms with Gasteiger partial charge in [0.05, 0.1) is 24.7 Å². The largest absolute Gasteiger partial charge is 0.497 e. The number of esters is 1. The van der Waals surface area contributed by atoms with E-state index < -0.39 is 35.7 Å². The van der Waals surface area contributed by atoms with Crippen LogP contribution in [0.5, 0.6) is 11.5 Å². The van der Waals surface area contributed by atoms with E-state index in [0.29, 0.717) is 22.6 Å². The van der Waals surface area contributed by atoms with Crippen molar-refractivity contribution in [2.75, 3.05) is 7.11 Å². The Bertz CT molecular complexity index is 1020. The van der Waals surface area contributed by atoms with Gasteiger partial charge in [0.2, 0.25) is 0 Å². The highest BCUT2D eigenvalue weighted by Crippen LogP contribution is 2.31. The summed E-state index contributed by atoms with van der Waals surface area (Å²) in [6, 6.07) is 8.09. The molecule has 2 aromatic rings. The summed E-state index contributed by atoms with van der Waals surface area (Å²) in [6.07, 6.45) is -0.296. The number of aryl methyl sites for hydroxylation is 2. The Labute approximate surface area is 179 Å². The predicted molar refractivity (Wildman–Crippen MR) is 110 cm³/mol. The molecular weight excluding hydrogens is 402 g/mol. The Morgan fingerprint density at radius 3 is 2.00 bits per heavy atom. The third kappa shape index (κ3) is 4.14. The molecule has 2 amide bonds. The summed E-state index contributed by atoms with van der Waals surface area (Å²) < 4.78 is 10.7. The molecule has 1 aliphatic rings. The normalized spacial score (nSPS) is 14.8. The zero-order valence-electron chi connectivity index (χ0n) is 17.7. The van der Waals surface area contributed by atoms with Gasteiger partial charge in [-0.1, -0.05) is 19.1 Å². The molecule has 1 unspecified atom stereocenters. The molecule has 0 saturated heterocycles. The Balaban J connectivity index is 1.79. The van der Waals surface area contributed by atoms with Gasteiger partial charge in [-0.25, -0.2) is 4.79 Å². The molecule has 31 heavy (non-hydrogen) atoms. The summed E-state index contributed by atoms with van der Waals surface area (Å²) in [7, 11) is 1.53. The number of aliphatic carboxylic acids is 1. The van der Waals surface area contributed by atoms with Gasteiger partial charge in [0.15, 0.2) is 0 Å². The van der Waals surface area contributed by atoms with Crippen LogP contribution in [0.1, 0.15) is 45.2 Å². The number of carbonyl (C=O) groups is 4. The lowest BCUT2D eigenvalue weighted by Crippen LogP contribution is -2.49. The van der Waals surface area contributed by atoms with Crippen molar-refractivity contribution in [3.63, 3.8) is 0 Å². The van der Waals surface area contributed by atoms with Crippen LogP contribution in [-0.2, 0) is 9.59 Å². The summed E-state index contributed by atoms with van der Waals surface area (Å²) in [5, 5.41) is 9.76. The predicted octanol–water partition coefficient (Wildman–Crippen LogP) is 2.99. The van der Waals surface area contributed by atoms with E-state index in [1.807, 2.05) is 0 Å². The number of rotatable bonds is 7. The van der Waals surface area contributed by atoms with Crippen LogP contribution in [0.15, 0.2) is 36.4 Å². The van der Waals surface area contributed by atoms with Crippen molar-refractivity contribution in [3.8, 4) is 11.5 Å². The zero-order chi connectivity index (χ0) is 22.9. The molecule has 0 spiro atoms. The first-order valence-corrected chi connectivity index (χ1v) is 9.71. The number of methoxy groups -OCH3 is 1. The number of carboxylic acids is 1. The van der Waals surface area contributed by atoms with Gasteiger partial charge >= 0.3 is 11.9 Å². The Morgan fingerprint density at radius 2 is 1.55 bits per heavy atom. The van der Waals surface area contributed by atoms with Crippen LogP contribution in [0, 0.1) is 19.8 Å². The van der Waals surface area contributed by atoms with Crippen molar-refractivity contribution < 1.29 is 33.8 Å². The first-order valence-electron chi connectivity index (χ1n) is 9.71. The molecule has 0 saturated carbocycles. The van der Waals surface area contributed by atoms with Crippen LogP contribution in [0.25, 0.3) is 0 Å². The molecule has 0 fully saturated rings. The molecule has 0 aliphatic carbocycles. The molecule has 162 valence electrons.